The van der Waals surface area contributed by atoms with Crippen LogP contribution in [0.4, 0.5) is 0 Å². The van der Waals surface area contributed by atoms with E-state index in [0.717, 1.165) is 17.7 Å². The van der Waals surface area contributed by atoms with E-state index in [-0.39, 0.29) is 5.60 Å². The van der Waals surface area contributed by atoms with Gasteiger partial charge in [-0.2, -0.15) is 0 Å². The molecule has 0 bridgehead atoms. The van der Waals surface area contributed by atoms with Crippen molar-refractivity contribution in [3.63, 3.8) is 0 Å². The molecule has 0 aromatic heterocycles. The van der Waals surface area contributed by atoms with E-state index in [1.165, 1.54) is 0 Å². The van der Waals surface area contributed by atoms with Crippen molar-refractivity contribution in [3.05, 3.63) is 36.5 Å². The monoisotopic (exact) mass is 191 g/mol. The second kappa shape index (κ2) is 4.27. The molecule has 1 unspecified atom stereocenters. The Labute approximate surface area is 85.6 Å². The van der Waals surface area contributed by atoms with Crippen LogP contribution in [0, 0.1) is 0 Å². The number of nitrogens with zero attached hydrogens (tertiary/aromatic N) is 1. The van der Waals surface area contributed by atoms with Gasteiger partial charge in [0.05, 0.1) is 5.71 Å². The molecule has 1 aliphatic rings. The summed E-state index contributed by atoms with van der Waals surface area (Å²) in [4.78, 5) is 5.42. The van der Waals surface area contributed by atoms with Crippen LogP contribution in [-0.4, -0.2) is 11.3 Å². The molecule has 2 nitrogen and oxygen atoms in total. The van der Waals surface area contributed by atoms with Gasteiger partial charge in [-0.15, -0.1) is 0 Å². The molecule has 0 aromatic carbocycles. The van der Waals surface area contributed by atoms with Crippen molar-refractivity contribution >= 4 is 5.71 Å². The molecule has 0 saturated carbocycles. The van der Waals surface area contributed by atoms with Crippen molar-refractivity contribution < 1.29 is 4.84 Å². The minimum atomic E-state index is -0.328. The van der Waals surface area contributed by atoms with Gasteiger partial charge in [-0.3, -0.25) is 0 Å². The minimum absolute atomic E-state index is 0.328. The zero-order valence-corrected chi connectivity index (χ0v) is 9.08. The number of oxime groups is 1. The molecule has 1 atom stereocenters. The van der Waals surface area contributed by atoms with E-state index < -0.39 is 0 Å². The summed E-state index contributed by atoms with van der Waals surface area (Å²) in [5.74, 6) is 0. The van der Waals surface area contributed by atoms with E-state index >= 15 is 0 Å². The molecule has 2 heteroatoms. The molecule has 1 rings (SSSR count). The molecular formula is C12H17NO. The Balaban J connectivity index is 2.86. The Kier molecular flexibility index (Phi) is 3.28. The lowest BCUT2D eigenvalue weighted by Crippen LogP contribution is -2.26. The van der Waals surface area contributed by atoms with Crippen LogP contribution < -0.4 is 0 Å². The Bertz CT molecular complexity index is 312. The first kappa shape index (κ1) is 10.8. The Morgan fingerprint density at radius 1 is 1.64 bits per heavy atom. The molecule has 1 heterocycles. The molecular weight excluding hydrogens is 174 g/mol. The SMILES string of the molecule is C=C/C(=C\C=C/C)C1(C)CC(C)=NO1. The van der Waals surface area contributed by atoms with Gasteiger partial charge < -0.3 is 4.84 Å². The quantitative estimate of drug-likeness (QED) is 0.627. The van der Waals surface area contributed by atoms with E-state index in [1.54, 1.807) is 0 Å². The third-order valence-electron chi connectivity index (χ3n) is 2.29. The molecule has 0 radical (unpaired) electrons. The van der Waals surface area contributed by atoms with Gasteiger partial charge >= 0.3 is 0 Å². The summed E-state index contributed by atoms with van der Waals surface area (Å²) < 4.78 is 0. The molecule has 76 valence electrons. The van der Waals surface area contributed by atoms with E-state index in [0.29, 0.717) is 0 Å². The zero-order chi connectivity index (χ0) is 10.6. The fourth-order valence-electron chi connectivity index (χ4n) is 1.55. The highest BCUT2D eigenvalue weighted by Gasteiger charge is 2.34. The van der Waals surface area contributed by atoms with Crippen molar-refractivity contribution in [2.24, 2.45) is 5.16 Å². The molecule has 0 amide bonds. The van der Waals surface area contributed by atoms with Gasteiger partial charge in [-0.1, -0.05) is 36.0 Å². The van der Waals surface area contributed by atoms with Crippen LogP contribution in [-0.2, 0) is 4.84 Å². The van der Waals surface area contributed by atoms with Crippen LogP contribution in [0.1, 0.15) is 27.2 Å². The average molecular weight is 191 g/mol. The molecule has 0 aliphatic carbocycles. The van der Waals surface area contributed by atoms with E-state index in [4.69, 9.17) is 4.84 Å². The lowest BCUT2D eigenvalue weighted by Gasteiger charge is -2.22. The summed E-state index contributed by atoms with van der Waals surface area (Å²) in [6.07, 6.45) is 8.65. The first-order valence-electron chi connectivity index (χ1n) is 4.80. The second-order valence-electron chi connectivity index (χ2n) is 3.68. The minimum Gasteiger partial charge on any atom is -0.384 e. The van der Waals surface area contributed by atoms with Gasteiger partial charge in [0.2, 0.25) is 0 Å². The van der Waals surface area contributed by atoms with E-state index in [2.05, 4.69) is 11.7 Å². The van der Waals surface area contributed by atoms with Gasteiger partial charge in [-0.05, 0) is 26.3 Å². The number of hydrogen-bond donors (Lipinski definition) is 0. The van der Waals surface area contributed by atoms with Crippen LogP contribution in [0.25, 0.3) is 0 Å². The maximum Gasteiger partial charge on any atom is 0.165 e. The molecule has 0 saturated heterocycles. The molecule has 0 N–H and O–H groups in total. The summed E-state index contributed by atoms with van der Waals surface area (Å²) in [5, 5.41) is 3.97. The summed E-state index contributed by atoms with van der Waals surface area (Å²) >= 11 is 0. The summed E-state index contributed by atoms with van der Waals surface area (Å²) in [6.45, 7) is 9.78. The van der Waals surface area contributed by atoms with Gasteiger partial charge in [0.25, 0.3) is 0 Å². The van der Waals surface area contributed by atoms with Crippen molar-refractivity contribution in [1.29, 1.82) is 0 Å². The third-order valence-corrected chi connectivity index (χ3v) is 2.29. The summed E-state index contributed by atoms with van der Waals surface area (Å²) in [5.41, 5.74) is 1.77. The van der Waals surface area contributed by atoms with E-state index in [9.17, 15) is 0 Å². The lowest BCUT2D eigenvalue weighted by atomic mass is 9.90. The van der Waals surface area contributed by atoms with Crippen molar-refractivity contribution in [3.8, 4) is 0 Å². The lowest BCUT2D eigenvalue weighted by molar-refractivity contribution is 0.0295. The highest BCUT2D eigenvalue weighted by atomic mass is 16.7. The van der Waals surface area contributed by atoms with Crippen LogP contribution in [0.3, 0.4) is 0 Å². The number of rotatable bonds is 3. The predicted octanol–water partition coefficient (Wildman–Crippen LogP) is 3.23. The fourth-order valence-corrected chi connectivity index (χ4v) is 1.55. The molecule has 0 spiro atoms. The van der Waals surface area contributed by atoms with Crippen molar-refractivity contribution in [2.75, 3.05) is 0 Å². The van der Waals surface area contributed by atoms with Crippen molar-refractivity contribution in [2.45, 2.75) is 32.8 Å². The third kappa shape index (κ3) is 2.13. The molecule has 1 aliphatic heterocycles. The largest absolute Gasteiger partial charge is 0.384 e. The molecule has 14 heavy (non-hydrogen) atoms. The number of hydrogen-bond acceptors (Lipinski definition) is 2. The molecule has 0 aromatic rings. The second-order valence-corrected chi connectivity index (χ2v) is 3.68. The van der Waals surface area contributed by atoms with Crippen LogP contribution in [0.5, 0.6) is 0 Å². The first-order chi connectivity index (χ1) is 6.62. The zero-order valence-electron chi connectivity index (χ0n) is 9.08. The topological polar surface area (TPSA) is 21.6 Å². The highest BCUT2D eigenvalue weighted by molar-refractivity contribution is 5.84. The van der Waals surface area contributed by atoms with Crippen LogP contribution in [0.2, 0.25) is 0 Å². The van der Waals surface area contributed by atoms with Crippen LogP contribution in [0.15, 0.2) is 41.6 Å². The Morgan fingerprint density at radius 2 is 2.36 bits per heavy atom. The highest BCUT2D eigenvalue weighted by Crippen LogP contribution is 2.31. The van der Waals surface area contributed by atoms with Gasteiger partial charge in [-0.25, -0.2) is 0 Å². The summed E-state index contributed by atoms with van der Waals surface area (Å²) in [6, 6.07) is 0. The van der Waals surface area contributed by atoms with Gasteiger partial charge in [0, 0.05) is 6.42 Å². The standard InChI is InChI=1S/C12H17NO/c1-5-7-8-11(6-2)12(4)9-10(3)13-14-12/h5-8H,2,9H2,1,3-4H3/b7-5-,11-8+. The van der Waals surface area contributed by atoms with Crippen LogP contribution >= 0.6 is 0 Å². The molecule has 0 fully saturated rings. The van der Waals surface area contributed by atoms with E-state index in [1.807, 2.05) is 45.1 Å². The van der Waals surface area contributed by atoms with Crippen molar-refractivity contribution in [1.82, 2.24) is 0 Å². The number of allylic oxidation sites excluding steroid dienone is 3. The average Bonchev–Trinajstić information content (AvgIpc) is 2.48. The van der Waals surface area contributed by atoms with Gasteiger partial charge in [0.1, 0.15) is 0 Å². The smallest absolute Gasteiger partial charge is 0.165 e. The van der Waals surface area contributed by atoms with Gasteiger partial charge in [0.15, 0.2) is 5.60 Å². The maximum absolute atomic E-state index is 5.42. The normalized spacial score (nSPS) is 27.6. The predicted molar refractivity (Wildman–Crippen MR) is 60.3 cm³/mol. The summed E-state index contributed by atoms with van der Waals surface area (Å²) in [7, 11) is 0. The fraction of sp³-hybridized carbons (Fsp3) is 0.417. The maximum atomic E-state index is 5.42. The first-order valence-corrected chi connectivity index (χ1v) is 4.80. The Hall–Kier alpha value is -1.31. The Morgan fingerprint density at radius 3 is 2.79 bits per heavy atom.